The van der Waals surface area contributed by atoms with Gasteiger partial charge < -0.3 is 39.2 Å². The molecule has 1 heterocycles. The molecule has 0 spiro atoms. The summed E-state index contributed by atoms with van der Waals surface area (Å²) in [6.07, 6.45) is 0. The molecule has 0 saturated heterocycles. The Balaban J connectivity index is 1.84. The van der Waals surface area contributed by atoms with Crippen molar-refractivity contribution >= 4 is 39.7 Å². The number of ether oxygens (including phenoxy) is 5. The van der Waals surface area contributed by atoms with Gasteiger partial charge in [0.25, 0.3) is 0 Å². The van der Waals surface area contributed by atoms with Crippen LogP contribution in [0, 0.1) is 0 Å². The lowest BCUT2D eigenvalue weighted by molar-refractivity contribution is 0.324. The van der Waals surface area contributed by atoms with Gasteiger partial charge in [0.1, 0.15) is 5.82 Å². The standard InChI is InChI=1S/C27H31N5O5/c1-32(2)18-10-8-9-16(11-18)29-27-30-20-15-22(34-4)21(33-3)14-19(20)26(31-27)28-17-12-23(35-5)25(37-7)24(13-17)36-6/h8-15H,1-7H3,(H2,28,29,30,31). The zero-order chi connectivity index (χ0) is 26.5. The lowest BCUT2D eigenvalue weighted by Gasteiger charge is -2.17. The normalized spacial score (nSPS) is 10.6. The first-order chi connectivity index (χ1) is 17.9. The van der Waals surface area contributed by atoms with Crippen molar-refractivity contribution in [3.8, 4) is 28.7 Å². The van der Waals surface area contributed by atoms with Gasteiger partial charge >= 0.3 is 0 Å². The van der Waals surface area contributed by atoms with Crippen LogP contribution in [0.15, 0.2) is 48.5 Å². The number of hydrogen-bond acceptors (Lipinski definition) is 10. The van der Waals surface area contributed by atoms with Gasteiger partial charge in [-0.2, -0.15) is 4.98 Å². The third-order valence-electron chi connectivity index (χ3n) is 5.75. The molecule has 1 aromatic heterocycles. The van der Waals surface area contributed by atoms with E-state index in [9.17, 15) is 0 Å². The van der Waals surface area contributed by atoms with E-state index in [1.807, 2.05) is 67.5 Å². The van der Waals surface area contributed by atoms with E-state index >= 15 is 0 Å². The number of aromatic nitrogens is 2. The topological polar surface area (TPSA) is 99.2 Å². The first-order valence-electron chi connectivity index (χ1n) is 11.5. The number of nitrogens with one attached hydrogen (secondary N) is 2. The second-order valence-corrected chi connectivity index (χ2v) is 8.23. The fraction of sp³-hybridized carbons (Fsp3) is 0.259. The van der Waals surface area contributed by atoms with Crippen LogP contribution in [0.1, 0.15) is 0 Å². The van der Waals surface area contributed by atoms with Gasteiger partial charge in [-0.05, 0) is 24.3 Å². The average Bonchev–Trinajstić information content (AvgIpc) is 2.91. The quantitative estimate of drug-likeness (QED) is 0.298. The van der Waals surface area contributed by atoms with Gasteiger partial charge in [0.15, 0.2) is 23.0 Å². The molecule has 3 aromatic carbocycles. The minimum atomic E-state index is 0.408. The van der Waals surface area contributed by atoms with Crippen molar-refractivity contribution in [2.24, 2.45) is 0 Å². The molecular weight excluding hydrogens is 474 g/mol. The van der Waals surface area contributed by atoms with Gasteiger partial charge in [-0.1, -0.05) is 6.07 Å². The van der Waals surface area contributed by atoms with Gasteiger partial charge in [0.2, 0.25) is 11.7 Å². The lowest BCUT2D eigenvalue weighted by Crippen LogP contribution is -2.09. The van der Waals surface area contributed by atoms with E-state index in [1.54, 1.807) is 35.5 Å². The van der Waals surface area contributed by atoms with Crippen molar-refractivity contribution in [2.75, 3.05) is 65.2 Å². The maximum absolute atomic E-state index is 5.53. The smallest absolute Gasteiger partial charge is 0.229 e. The molecule has 0 fully saturated rings. The molecule has 0 radical (unpaired) electrons. The first kappa shape index (κ1) is 25.5. The number of rotatable bonds is 10. The molecule has 4 rings (SSSR count). The Morgan fingerprint density at radius 2 is 1.30 bits per heavy atom. The molecule has 0 aliphatic carbocycles. The minimum absolute atomic E-state index is 0.408. The van der Waals surface area contributed by atoms with Crippen molar-refractivity contribution in [3.05, 3.63) is 48.5 Å². The Labute approximate surface area is 216 Å². The Bertz CT molecular complexity index is 1380. The predicted octanol–water partition coefficient (Wildman–Crippen LogP) is 5.23. The van der Waals surface area contributed by atoms with Gasteiger partial charge in [0, 0.05) is 54.7 Å². The van der Waals surface area contributed by atoms with Gasteiger partial charge in [0.05, 0.1) is 41.1 Å². The zero-order valence-corrected chi connectivity index (χ0v) is 22.0. The number of anilines is 5. The summed E-state index contributed by atoms with van der Waals surface area (Å²) >= 11 is 0. The molecule has 2 N–H and O–H groups in total. The van der Waals surface area contributed by atoms with Gasteiger partial charge in [-0.25, -0.2) is 4.98 Å². The van der Waals surface area contributed by atoms with E-state index < -0.39 is 0 Å². The van der Waals surface area contributed by atoms with Crippen LogP contribution < -0.4 is 39.2 Å². The fourth-order valence-corrected chi connectivity index (χ4v) is 3.89. The highest BCUT2D eigenvalue weighted by atomic mass is 16.5. The van der Waals surface area contributed by atoms with Crippen LogP contribution in [0.4, 0.5) is 28.8 Å². The summed E-state index contributed by atoms with van der Waals surface area (Å²) in [5, 5.41) is 7.43. The van der Waals surface area contributed by atoms with Crippen molar-refractivity contribution in [3.63, 3.8) is 0 Å². The van der Waals surface area contributed by atoms with Crippen molar-refractivity contribution in [1.82, 2.24) is 9.97 Å². The van der Waals surface area contributed by atoms with Crippen LogP contribution in [0.25, 0.3) is 10.9 Å². The molecule has 0 saturated carbocycles. The van der Waals surface area contributed by atoms with Crippen LogP contribution >= 0.6 is 0 Å². The van der Waals surface area contributed by atoms with Gasteiger partial charge in [-0.15, -0.1) is 0 Å². The number of methoxy groups -OCH3 is 5. The monoisotopic (exact) mass is 505 g/mol. The van der Waals surface area contributed by atoms with E-state index in [-0.39, 0.29) is 0 Å². The van der Waals surface area contributed by atoms with Crippen molar-refractivity contribution < 1.29 is 23.7 Å². The van der Waals surface area contributed by atoms with Crippen LogP contribution in [0.3, 0.4) is 0 Å². The molecule has 0 bridgehead atoms. The summed E-state index contributed by atoms with van der Waals surface area (Å²) in [5.41, 5.74) is 3.25. The summed E-state index contributed by atoms with van der Waals surface area (Å²) in [6, 6.07) is 15.3. The van der Waals surface area contributed by atoms with Crippen LogP contribution in [0.2, 0.25) is 0 Å². The van der Waals surface area contributed by atoms with E-state index in [2.05, 4.69) is 10.6 Å². The van der Waals surface area contributed by atoms with Crippen LogP contribution in [-0.2, 0) is 0 Å². The second kappa shape index (κ2) is 11.0. The molecule has 0 aliphatic rings. The highest BCUT2D eigenvalue weighted by molar-refractivity contribution is 5.94. The van der Waals surface area contributed by atoms with E-state index in [0.717, 1.165) is 16.8 Å². The SMILES string of the molecule is COc1cc2nc(Nc3cccc(N(C)C)c3)nc(Nc3cc(OC)c(OC)c(OC)c3)c2cc1OC. The van der Waals surface area contributed by atoms with Crippen molar-refractivity contribution in [1.29, 1.82) is 0 Å². The van der Waals surface area contributed by atoms with Gasteiger partial charge in [-0.3, -0.25) is 0 Å². The van der Waals surface area contributed by atoms with E-state index in [0.29, 0.717) is 51.7 Å². The predicted molar refractivity (Wildman–Crippen MR) is 146 cm³/mol. The Morgan fingerprint density at radius 1 is 0.649 bits per heavy atom. The number of benzene rings is 3. The molecule has 10 heteroatoms. The Hall–Kier alpha value is -4.60. The van der Waals surface area contributed by atoms with E-state index in [4.69, 9.17) is 33.7 Å². The zero-order valence-electron chi connectivity index (χ0n) is 22.0. The third-order valence-corrected chi connectivity index (χ3v) is 5.75. The van der Waals surface area contributed by atoms with Crippen molar-refractivity contribution in [2.45, 2.75) is 0 Å². The van der Waals surface area contributed by atoms with E-state index in [1.165, 1.54) is 0 Å². The lowest BCUT2D eigenvalue weighted by atomic mass is 10.2. The largest absolute Gasteiger partial charge is 0.493 e. The summed E-state index contributed by atoms with van der Waals surface area (Å²) in [6.45, 7) is 0. The Kier molecular flexibility index (Phi) is 7.57. The molecule has 0 aliphatic heterocycles. The average molecular weight is 506 g/mol. The first-order valence-corrected chi connectivity index (χ1v) is 11.5. The second-order valence-electron chi connectivity index (χ2n) is 8.23. The molecule has 194 valence electrons. The Morgan fingerprint density at radius 3 is 1.89 bits per heavy atom. The van der Waals surface area contributed by atoms with Crippen LogP contribution in [0.5, 0.6) is 28.7 Å². The molecule has 4 aromatic rings. The summed E-state index contributed by atoms with van der Waals surface area (Å²) in [5.74, 6) is 3.61. The summed E-state index contributed by atoms with van der Waals surface area (Å²) < 4.78 is 27.5. The molecule has 10 nitrogen and oxygen atoms in total. The molecule has 0 amide bonds. The fourth-order valence-electron chi connectivity index (χ4n) is 3.89. The maximum Gasteiger partial charge on any atom is 0.229 e. The molecule has 0 atom stereocenters. The highest BCUT2D eigenvalue weighted by Gasteiger charge is 2.17. The third kappa shape index (κ3) is 5.32. The molecular formula is C27H31N5O5. The molecule has 0 unspecified atom stereocenters. The number of nitrogens with zero attached hydrogens (tertiary/aromatic N) is 3. The maximum atomic E-state index is 5.53. The summed E-state index contributed by atoms with van der Waals surface area (Å²) in [7, 11) is 11.9. The number of hydrogen-bond donors (Lipinski definition) is 2. The summed E-state index contributed by atoms with van der Waals surface area (Å²) in [4.78, 5) is 11.6. The minimum Gasteiger partial charge on any atom is -0.493 e. The highest BCUT2D eigenvalue weighted by Crippen LogP contribution is 2.42. The number of fused-ring (bicyclic) bond motifs is 1. The molecule has 37 heavy (non-hydrogen) atoms. The van der Waals surface area contributed by atoms with Crippen LogP contribution in [-0.4, -0.2) is 59.6 Å².